The number of nitrogens with zero attached hydrogens (tertiary/aromatic N) is 2. The molecule has 0 spiro atoms. The Bertz CT molecular complexity index is 1200. The molecule has 30 heavy (non-hydrogen) atoms. The first-order valence-corrected chi connectivity index (χ1v) is 11.1. The number of carbonyl (C=O) groups is 1. The van der Waals surface area contributed by atoms with Crippen LogP contribution in [0.4, 0.5) is 5.69 Å². The highest BCUT2D eigenvalue weighted by Crippen LogP contribution is 2.29. The van der Waals surface area contributed by atoms with Gasteiger partial charge in [-0.1, -0.05) is 42.5 Å². The van der Waals surface area contributed by atoms with E-state index in [1.165, 1.54) is 0 Å². The van der Waals surface area contributed by atoms with Crippen LogP contribution >= 0.6 is 0 Å². The van der Waals surface area contributed by atoms with Crippen molar-refractivity contribution < 1.29 is 14.1 Å². The highest BCUT2D eigenvalue weighted by molar-refractivity contribution is 7.85. The minimum absolute atomic E-state index is 0.145. The third-order valence-corrected chi connectivity index (χ3v) is 6.16. The van der Waals surface area contributed by atoms with Gasteiger partial charge in [0.2, 0.25) is 5.91 Å². The van der Waals surface area contributed by atoms with Crippen LogP contribution in [-0.2, 0) is 17.5 Å². The molecule has 2 unspecified atom stereocenters. The molecular weight excluding hydrogens is 398 g/mol. The molecule has 6 nitrogen and oxygen atoms in total. The van der Waals surface area contributed by atoms with E-state index < -0.39 is 23.0 Å². The summed E-state index contributed by atoms with van der Waals surface area (Å²) in [6.45, 7) is 0.489. The maximum Gasteiger partial charge on any atom is 0.248 e. The largest absolute Gasteiger partial charge is 0.389 e. The van der Waals surface area contributed by atoms with E-state index in [1.54, 1.807) is 34.8 Å². The van der Waals surface area contributed by atoms with Crippen LogP contribution in [0.15, 0.2) is 72.8 Å². The lowest BCUT2D eigenvalue weighted by atomic mass is 10.2. The minimum atomic E-state index is -1.39. The van der Waals surface area contributed by atoms with Gasteiger partial charge >= 0.3 is 0 Å². The highest BCUT2D eigenvalue weighted by atomic mass is 32.2. The molecule has 3 aromatic carbocycles. The van der Waals surface area contributed by atoms with Crippen LogP contribution in [0.2, 0.25) is 0 Å². The summed E-state index contributed by atoms with van der Waals surface area (Å²) in [6.07, 6.45) is 0.759. The second kappa shape index (κ2) is 8.30. The Labute approximate surface area is 177 Å². The Balaban J connectivity index is 1.65. The zero-order valence-electron chi connectivity index (χ0n) is 16.6. The second-order valence-corrected chi connectivity index (χ2v) is 8.49. The number of aromatic nitrogens is 1. The molecule has 1 aromatic heterocycles. The summed E-state index contributed by atoms with van der Waals surface area (Å²) >= 11 is 0. The molecule has 0 fully saturated rings. The van der Waals surface area contributed by atoms with Crippen molar-refractivity contribution in [2.24, 2.45) is 5.73 Å². The van der Waals surface area contributed by atoms with Gasteiger partial charge in [-0.3, -0.25) is 9.10 Å². The Morgan fingerprint density at radius 2 is 1.63 bits per heavy atom. The zero-order chi connectivity index (χ0) is 21.3. The highest BCUT2D eigenvalue weighted by Gasteiger charge is 2.19. The van der Waals surface area contributed by atoms with Crippen molar-refractivity contribution in [2.75, 3.05) is 17.1 Å². The van der Waals surface area contributed by atoms with Crippen LogP contribution in [0.1, 0.15) is 10.4 Å². The summed E-state index contributed by atoms with van der Waals surface area (Å²) in [5.74, 6) is -0.551. The second-order valence-electron chi connectivity index (χ2n) is 7.20. The van der Waals surface area contributed by atoms with Gasteiger partial charge in [-0.15, -0.1) is 0 Å². The smallest absolute Gasteiger partial charge is 0.248 e. The number of benzene rings is 3. The standard InChI is InChI=1S/C23H23N3O3S/c1-30(29)26(17-8-6-7-16(13-17)23(24)28)15-18(27)14-25-21-11-4-2-9-19(21)20-10-3-5-12-22(20)25/h2-13,18,27H,14-15H2,1H3,(H2,24,28). The molecule has 0 aliphatic rings. The average Bonchev–Trinajstić information content (AvgIpc) is 3.06. The summed E-state index contributed by atoms with van der Waals surface area (Å²) in [6, 6.07) is 22.8. The molecule has 0 aliphatic carbocycles. The number of anilines is 1. The summed E-state index contributed by atoms with van der Waals surface area (Å²) in [5.41, 5.74) is 8.36. The van der Waals surface area contributed by atoms with E-state index >= 15 is 0 Å². The van der Waals surface area contributed by atoms with Gasteiger partial charge in [-0.05, 0) is 30.3 Å². The van der Waals surface area contributed by atoms with Crippen molar-refractivity contribution in [3.63, 3.8) is 0 Å². The molecule has 2 atom stereocenters. The Morgan fingerprint density at radius 1 is 1.03 bits per heavy atom. The van der Waals surface area contributed by atoms with Gasteiger partial charge in [0.1, 0.15) is 11.0 Å². The predicted octanol–water partition coefficient (Wildman–Crippen LogP) is 3.05. The van der Waals surface area contributed by atoms with Gasteiger partial charge in [-0.2, -0.15) is 0 Å². The number of aliphatic hydroxyl groups excluding tert-OH is 1. The first-order chi connectivity index (χ1) is 14.5. The quantitative estimate of drug-likeness (QED) is 0.481. The van der Waals surface area contributed by atoms with E-state index in [2.05, 4.69) is 16.7 Å². The van der Waals surface area contributed by atoms with E-state index in [1.807, 2.05) is 36.4 Å². The molecule has 4 rings (SSSR count). The third kappa shape index (κ3) is 3.81. The van der Waals surface area contributed by atoms with Crippen LogP contribution < -0.4 is 10.0 Å². The molecular formula is C23H23N3O3S. The number of nitrogens with two attached hydrogens (primary N) is 1. The van der Waals surface area contributed by atoms with E-state index in [0.717, 1.165) is 21.8 Å². The van der Waals surface area contributed by atoms with E-state index in [9.17, 15) is 14.1 Å². The lowest BCUT2D eigenvalue weighted by Crippen LogP contribution is -2.35. The molecule has 1 amide bonds. The van der Waals surface area contributed by atoms with Crippen molar-refractivity contribution in [3.8, 4) is 0 Å². The molecule has 0 radical (unpaired) electrons. The van der Waals surface area contributed by atoms with Crippen LogP contribution in [-0.4, -0.2) is 38.7 Å². The maximum atomic E-state index is 12.4. The monoisotopic (exact) mass is 421 g/mol. The van der Waals surface area contributed by atoms with Crippen molar-refractivity contribution in [1.29, 1.82) is 0 Å². The summed E-state index contributed by atoms with van der Waals surface area (Å²) in [7, 11) is -1.39. The maximum absolute atomic E-state index is 12.4. The van der Waals surface area contributed by atoms with Crippen LogP contribution in [0.5, 0.6) is 0 Å². The fraction of sp³-hybridized carbons (Fsp3) is 0.174. The molecule has 7 heteroatoms. The number of rotatable bonds is 7. The molecule has 0 saturated heterocycles. The number of para-hydroxylation sites is 2. The Morgan fingerprint density at radius 3 is 2.20 bits per heavy atom. The van der Waals surface area contributed by atoms with Gasteiger partial charge in [0.05, 0.1) is 24.9 Å². The van der Waals surface area contributed by atoms with E-state index in [-0.39, 0.29) is 6.54 Å². The molecule has 154 valence electrons. The first kappa shape index (κ1) is 20.1. The normalized spacial score (nSPS) is 13.4. The number of primary amides is 1. The lowest BCUT2D eigenvalue weighted by molar-refractivity contribution is 0.100. The van der Waals surface area contributed by atoms with E-state index in [4.69, 9.17) is 5.73 Å². The molecule has 0 saturated carbocycles. The molecule has 3 N–H and O–H groups in total. The van der Waals surface area contributed by atoms with E-state index in [0.29, 0.717) is 17.8 Å². The number of fused-ring (bicyclic) bond motifs is 3. The van der Waals surface area contributed by atoms with Crippen molar-refractivity contribution in [1.82, 2.24) is 4.57 Å². The number of carbonyl (C=O) groups excluding carboxylic acids is 1. The number of hydrogen-bond acceptors (Lipinski definition) is 3. The molecule has 0 bridgehead atoms. The van der Waals surface area contributed by atoms with Gasteiger partial charge in [0.25, 0.3) is 0 Å². The minimum Gasteiger partial charge on any atom is -0.389 e. The average molecular weight is 422 g/mol. The van der Waals surface area contributed by atoms with Gasteiger partial charge in [-0.25, -0.2) is 4.21 Å². The SMILES string of the molecule is CS(=O)N(CC(O)Cn1c2ccccc2c2ccccc21)c1cccc(C(N)=O)c1. The van der Waals surface area contributed by atoms with Crippen molar-refractivity contribution in [2.45, 2.75) is 12.6 Å². The summed E-state index contributed by atoms with van der Waals surface area (Å²) in [5, 5.41) is 13.2. The Hall–Kier alpha value is -3.16. The lowest BCUT2D eigenvalue weighted by Gasteiger charge is -2.25. The summed E-state index contributed by atoms with van der Waals surface area (Å²) < 4.78 is 16.1. The van der Waals surface area contributed by atoms with Crippen LogP contribution in [0.3, 0.4) is 0 Å². The molecule has 1 heterocycles. The van der Waals surface area contributed by atoms with Crippen molar-refractivity contribution >= 4 is 44.4 Å². The fourth-order valence-corrected chi connectivity index (χ4v) is 4.63. The third-order valence-electron chi connectivity index (χ3n) is 5.18. The zero-order valence-corrected chi connectivity index (χ0v) is 17.4. The van der Waals surface area contributed by atoms with Gasteiger partial charge in [0.15, 0.2) is 0 Å². The molecule has 4 aromatic rings. The predicted molar refractivity (Wildman–Crippen MR) is 122 cm³/mol. The van der Waals surface area contributed by atoms with Crippen LogP contribution in [0, 0.1) is 0 Å². The molecule has 0 aliphatic heterocycles. The Kier molecular flexibility index (Phi) is 5.57. The number of hydrogen-bond donors (Lipinski definition) is 2. The van der Waals surface area contributed by atoms with Gasteiger partial charge < -0.3 is 15.4 Å². The van der Waals surface area contributed by atoms with Crippen molar-refractivity contribution in [3.05, 3.63) is 78.4 Å². The summed E-state index contributed by atoms with van der Waals surface area (Å²) in [4.78, 5) is 11.5. The fourth-order valence-electron chi connectivity index (χ4n) is 3.83. The number of amides is 1. The number of aliphatic hydroxyl groups is 1. The van der Waals surface area contributed by atoms with Gasteiger partial charge in [0, 0.05) is 33.6 Å². The topological polar surface area (TPSA) is 88.6 Å². The van der Waals surface area contributed by atoms with Crippen LogP contribution in [0.25, 0.3) is 21.8 Å². The first-order valence-electron chi connectivity index (χ1n) is 9.60.